The third-order valence-corrected chi connectivity index (χ3v) is 6.10. The Morgan fingerprint density at radius 1 is 1.09 bits per heavy atom. The molecule has 33 heavy (non-hydrogen) atoms. The summed E-state index contributed by atoms with van der Waals surface area (Å²) in [7, 11) is 0. The Labute approximate surface area is 191 Å². The van der Waals surface area contributed by atoms with Gasteiger partial charge in [0.2, 0.25) is 5.91 Å². The Hall–Kier alpha value is -3.65. The standard InChI is InChI=1S/C25H27N5O3/c31-23(26-11-9-18-17-27-20-6-2-1-5-19(18)20)10-12-30-22-8-4-3-7-21(22)28-24(25(30)32)29-13-15-33-16-14-29/h1-8,17,27H,9-16H2,(H,26,31). The molecule has 4 aromatic rings. The van der Waals surface area contributed by atoms with Crippen LogP contribution in [0, 0.1) is 0 Å². The van der Waals surface area contributed by atoms with Crippen molar-refractivity contribution in [3.8, 4) is 0 Å². The maximum absolute atomic E-state index is 13.3. The highest BCUT2D eigenvalue weighted by molar-refractivity contribution is 5.83. The first-order valence-electron chi connectivity index (χ1n) is 11.3. The SMILES string of the molecule is O=C(CCn1c(=O)c(N2CCOCC2)nc2ccccc21)NCCc1c[nH]c2ccccc12. The van der Waals surface area contributed by atoms with Gasteiger partial charge in [0.1, 0.15) is 0 Å². The first-order chi connectivity index (χ1) is 16.2. The van der Waals surface area contributed by atoms with Gasteiger partial charge in [0.15, 0.2) is 5.82 Å². The average Bonchev–Trinajstić information content (AvgIpc) is 3.27. The van der Waals surface area contributed by atoms with Crippen molar-refractivity contribution in [1.29, 1.82) is 0 Å². The smallest absolute Gasteiger partial charge is 0.294 e. The monoisotopic (exact) mass is 445 g/mol. The fourth-order valence-corrected chi connectivity index (χ4v) is 4.36. The third-order valence-electron chi connectivity index (χ3n) is 6.10. The van der Waals surface area contributed by atoms with Crippen LogP contribution in [0.2, 0.25) is 0 Å². The minimum atomic E-state index is -0.165. The van der Waals surface area contributed by atoms with Crippen molar-refractivity contribution in [2.24, 2.45) is 0 Å². The fourth-order valence-electron chi connectivity index (χ4n) is 4.36. The number of fused-ring (bicyclic) bond motifs is 2. The molecule has 0 unspecified atom stereocenters. The zero-order valence-electron chi connectivity index (χ0n) is 18.4. The Bertz CT molecular complexity index is 1340. The largest absolute Gasteiger partial charge is 0.378 e. The number of carbonyl (C=O) groups is 1. The summed E-state index contributed by atoms with van der Waals surface area (Å²) < 4.78 is 7.09. The van der Waals surface area contributed by atoms with Gasteiger partial charge in [-0.05, 0) is 30.2 Å². The number of nitrogens with zero attached hydrogens (tertiary/aromatic N) is 3. The Balaban J connectivity index is 1.27. The predicted octanol–water partition coefficient (Wildman–Crippen LogP) is 2.46. The van der Waals surface area contributed by atoms with E-state index in [4.69, 9.17) is 4.74 Å². The van der Waals surface area contributed by atoms with Crippen LogP contribution < -0.4 is 15.8 Å². The van der Waals surface area contributed by atoms with Crippen molar-refractivity contribution in [2.45, 2.75) is 19.4 Å². The number of morpholine rings is 1. The topological polar surface area (TPSA) is 92.2 Å². The van der Waals surface area contributed by atoms with E-state index < -0.39 is 0 Å². The van der Waals surface area contributed by atoms with Gasteiger partial charge < -0.3 is 24.5 Å². The average molecular weight is 446 g/mol. The number of aromatic nitrogens is 3. The van der Waals surface area contributed by atoms with Gasteiger partial charge in [0.25, 0.3) is 5.56 Å². The fraction of sp³-hybridized carbons (Fsp3) is 0.320. The van der Waals surface area contributed by atoms with Crippen molar-refractivity contribution in [1.82, 2.24) is 19.9 Å². The number of carbonyl (C=O) groups excluding carboxylic acids is 1. The van der Waals surface area contributed by atoms with Crippen molar-refractivity contribution >= 4 is 33.7 Å². The van der Waals surface area contributed by atoms with E-state index in [0.29, 0.717) is 45.2 Å². The molecule has 1 aliphatic heterocycles. The molecule has 5 rings (SSSR count). The van der Waals surface area contributed by atoms with Crippen molar-refractivity contribution < 1.29 is 9.53 Å². The molecular formula is C25H27N5O3. The molecule has 8 nitrogen and oxygen atoms in total. The lowest BCUT2D eigenvalue weighted by atomic mass is 10.1. The second kappa shape index (κ2) is 9.46. The molecule has 0 saturated carbocycles. The molecule has 2 aromatic heterocycles. The number of aryl methyl sites for hydroxylation is 1. The molecule has 1 saturated heterocycles. The van der Waals surface area contributed by atoms with E-state index in [-0.39, 0.29) is 17.9 Å². The Morgan fingerprint density at radius 2 is 1.88 bits per heavy atom. The first-order valence-corrected chi connectivity index (χ1v) is 11.3. The minimum absolute atomic E-state index is 0.0736. The van der Waals surface area contributed by atoms with Gasteiger partial charge in [-0.25, -0.2) is 4.98 Å². The highest BCUT2D eigenvalue weighted by atomic mass is 16.5. The molecule has 0 bridgehead atoms. The van der Waals surface area contributed by atoms with Crippen LogP contribution in [0.4, 0.5) is 5.82 Å². The van der Waals surface area contributed by atoms with Gasteiger partial charge in [-0.15, -0.1) is 0 Å². The first kappa shape index (κ1) is 21.2. The lowest BCUT2D eigenvalue weighted by Gasteiger charge is -2.28. The molecule has 8 heteroatoms. The summed E-state index contributed by atoms with van der Waals surface area (Å²) in [6, 6.07) is 15.7. The number of benzene rings is 2. The van der Waals surface area contributed by atoms with Crippen LogP contribution in [0.1, 0.15) is 12.0 Å². The van der Waals surface area contributed by atoms with E-state index in [2.05, 4.69) is 21.4 Å². The number of amides is 1. The van der Waals surface area contributed by atoms with Gasteiger partial charge in [0, 0.05) is 49.7 Å². The normalized spacial score (nSPS) is 14.1. The molecular weight excluding hydrogens is 418 g/mol. The zero-order chi connectivity index (χ0) is 22.6. The van der Waals surface area contributed by atoms with E-state index in [1.54, 1.807) is 4.57 Å². The quantitative estimate of drug-likeness (QED) is 0.456. The van der Waals surface area contributed by atoms with Crippen LogP contribution in [-0.4, -0.2) is 53.3 Å². The number of nitrogens with one attached hydrogen (secondary N) is 2. The molecule has 1 fully saturated rings. The molecule has 2 N–H and O–H groups in total. The van der Waals surface area contributed by atoms with Gasteiger partial charge >= 0.3 is 0 Å². The summed E-state index contributed by atoms with van der Waals surface area (Å²) in [5, 5.41) is 4.17. The van der Waals surface area contributed by atoms with Gasteiger partial charge in [-0.1, -0.05) is 30.3 Å². The van der Waals surface area contributed by atoms with E-state index in [1.165, 1.54) is 10.9 Å². The summed E-state index contributed by atoms with van der Waals surface area (Å²) in [5.41, 5.74) is 3.60. The minimum Gasteiger partial charge on any atom is -0.378 e. The number of aromatic amines is 1. The van der Waals surface area contributed by atoms with E-state index >= 15 is 0 Å². The molecule has 0 spiro atoms. The van der Waals surface area contributed by atoms with Gasteiger partial charge in [0.05, 0.1) is 24.2 Å². The van der Waals surface area contributed by atoms with Crippen LogP contribution in [0.3, 0.4) is 0 Å². The van der Waals surface area contributed by atoms with Crippen molar-refractivity contribution in [3.05, 3.63) is 70.6 Å². The van der Waals surface area contributed by atoms with Gasteiger partial charge in [-0.3, -0.25) is 9.59 Å². The molecule has 0 radical (unpaired) electrons. The number of para-hydroxylation sites is 3. The number of ether oxygens (including phenoxy) is 1. The summed E-state index contributed by atoms with van der Waals surface area (Å²) in [5.74, 6) is 0.354. The zero-order valence-corrected chi connectivity index (χ0v) is 18.4. The lowest BCUT2D eigenvalue weighted by molar-refractivity contribution is -0.121. The number of rotatable bonds is 7. The molecule has 0 aliphatic carbocycles. The van der Waals surface area contributed by atoms with Crippen LogP contribution in [0.25, 0.3) is 21.9 Å². The van der Waals surface area contributed by atoms with E-state index in [0.717, 1.165) is 23.0 Å². The van der Waals surface area contributed by atoms with Gasteiger partial charge in [-0.2, -0.15) is 0 Å². The summed E-state index contributed by atoms with van der Waals surface area (Å²) in [4.78, 5) is 35.7. The molecule has 170 valence electrons. The highest BCUT2D eigenvalue weighted by Crippen LogP contribution is 2.18. The maximum Gasteiger partial charge on any atom is 0.294 e. The number of hydrogen-bond acceptors (Lipinski definition) is 5. The molecule has 1 aliphatic rings. The second-order valence-electron chi connectivity index (χ2n) is 8.19. The van der Waals surface area contributed by atoms with Crippen LogP contribution in [0.15, 0.2) is 59.5 Å². The predicted molar refractivity (Wildman–Crippen MR) is 129 cm³/mol. The van der Waals surface area contributed by atoms with E-state index in [9.17, 15) is 9.59 Å². The van der Waals surface area contributed by atoms with Crippen LogP contribution in [0.5, 0.6) is 0 Å². The molecule has 3 heterocycles. The maximum atomic E-state index is 13.3. The third kappa shape index (κ3) is 4.47. The van der Waals surface area contributed by atoms with Crippen molar-refractivity contribution in [3.63, 3.8) is 0 Å². The van der Waals surface area contributed by atoms with Crippen molar-refractivity contribution in [2.75, 3.05) is 37.7 Å². The summed E-state index contributed by atoms with van der Waals surface area (Å²) >= 11 is 0. The molecule has 1 amide bonds. The summed E-state index contributed by atoms with van der Waals surface area (Å²) in [6.07, 6.45) is 2.96. The van der Waals surface area contributed by atoms with E-state index in [1.807, 2.05) is 53.6 Å². The number of hydrogen-bond donors (Lipinski definition) is 2. The summed E-state index contributed by atoms with van der Waals surface area (Å²) in [6.45, 7) is 3.27. The molecule has 0 atom stereocenters. The van der Waals surface area contributed by atoms with Crippen LogP contribution in [-0.2, 0) is 22.5 Å². The Morgan fingerprint density at radius 3 is 2.76 bits per heavy atom. The number of H-pyrrole nitrogens is 1. The highest BCUT2D eigenvalue weighted by Gasteiger charge is 2.19. The number of anilines is 1. The lowest BCUT2D eigenvalue weighted by Crippen LogP contribution is -2.41. The second-order valence-corrected chi connectivity index (χ2v) is 8.19. The molecule has 2 aromatic carbocycles. The van der Waals surface area contributed by atoms with Crippen LogP contribution >= 0.6 is 0 Å². The Kier molecular flexibility index (Phi) is 6.08.